The summed E-state index contributed by atoms with van der Waals surface area (Å²) in [6.45, 7) is 5.42. The number of benzene rings is 1. The second-order valence-corrected chi connectivity index (χ2v) is 5.53. The minimum Gasteiger partial charge on any atom is -0.494 e. The minimum absolute atomic E-state index is 0. The molecule has 0 saturated heterocycles. The predicted molar refractivity (Wildman–Crippen MR) is 113 cm³/mol. The maximum Gasteiger partial charge on any atom is 0.194 e. The first kappa shape index (κ1) is 22.0. The van der Waals surface area contributed by atoms with Crippen molar-refractivity contribution in [3.63, 3.8) is 0 Å². The number of nitrogens with zero attached hydrogens (tertiary/aromatic N) is 2. The Morgan fingerprint density at radius 2 is 2.23 bits per heavy atom. The van der Waals surface area contributed by atoms with Crippen molar-refractivity contribution in [2.24, 2.45) is 4.99 Å². The molecule has 0 saturated carbocycles. The zero-order valence-corrected chi connectivity index (χ0v) is 17.4. The quantitative estimate of drug-likeness (QED) is 0.274. The Hall–Kier alpha value is -2.03. The molecule has 1 aromatic heterocycles. The van der Waals surface area contributed by atoms with Gasteiger partial charge in [-0.25, -0.2) is 4.39 Å². The number of guanidine groups is 1. The van der Waals surface area contributed by atoms with Gasteiger partial charge in [-0.15, -0.1) is 30.6 Å². The number of aliphatic imine (C=N–C) groups is 1. The normalized spacial score (nSPS) is 10.8. The topological polar surface area (TPSA) is 50.0 Å². The molecule has 0 spiro atoms. The molecule has 0 fully saturated rings. The molecular weight excluding hydrogens is 448 g/mol. The van der Waals surface area contributed by atoms with E-state index in [9.17, 15) is 4.39 Å². The lowest BCUT2D eigenvalue weighted by molar-refractivity contribution is 0.385. The van der Waals surface area contributed by atoms with Gasteiger partial charge in [-0.05, 0) is 29.8 Å². The third-order valence-corrected chi connectivity index (χ3v) is 3.60. The van der Waals surface area contributed by atoms with Crippen LogP contribution in [0.3, 0.4) is 0 Å². The highest BCUT2D eigenvalue weighted by Gasteiger charge is 2.09. The summed E-state index contributed by atoms with van der Waals surface area (Å²) in [4.78, 5) is 6.53. The molecule has 0 aliphatic rings. The molecule has 7 heteroatoms. The molecule has 0 bridgehead atoms. The van der Waals surface area contributed by atoms with Crippen molar-refractivity contribution in [3.05, 3.63) is 66.4 Å². The zero-order chi connectivity index (χ0) is 18.1. The van der Waals surface area contributed by atoms with Crippen molar-refractivity contribution in [3.8, 4) is 5.75 Å². The predicted octanol–water partition coefficient (Wildman–Crippen LogP) is 3.85. The van der Waals surface area contributed by atoms with Gasteiger partial charge in [0.15, 0.2) is 17.5 Å². The van der Waals surface area contributed by atoms with Crippen LogP contribution in [0, 0.1) is 5.82 Å². The van der Waals surface area contributed by atoms with E-state index in [1.165, 1.54) is 13.2 Å². The maximum absolute atomic E-state index is 13.9. The van der Waals surface area contributed by atoms with Crippen LogP contribution in [0.2, 0.25) is 0 Å². The Balaban J connectivity index is 0.00000338. The van der Waals surface area contributed by atoms with Crippen LogP contribution in [-0.4, -0.2) is 38.1 Å². The van der Waals surface area contributed by atoms with Gasteiger partial charge in [-0.3, -0.25) is 4.99 Å². The lowest BCUT2D eigenvalue weighted by Gasteiger charge is -2.22. The van der Waals surface area contributed by atoms with Gasteiger partial charge in [0, 0.05) is 33.1 Å². The first-order valence-electron chi connectivity index (χ1n) is 8.09. The van der Waals surface area contributed by atoms with Crippen molar-refractivity contribution < 1.29 is 13.5 Å². The molecule has 1 heterocycles. The standard InChI is InChI=1S/C19H24FN3O2.HI/c1-4-10-21-19(22-11-9-16-6-5-12-25-16)23(2)14-15-7-8-18(24-3)17(20)13-15;/h4-8,12-13H,1,9-11,14H2,2-3H3,(H,21,22);1H. The molecule has 1 aromatic carbocycles. The monoisotopic (exact) mass is 473 g/mol. The zero-order valence-electron chi connectivity index (χ0n) is 15.1. The smallest absolute Gasteiger partial charge is 0.194 e. The highest BCUT2D eigenvalue weighted by molar-refractivity contribution is 14.0. The summed E-state index contributed by atoms with van der Waals surface area (Å²) in [5.41, 5.74) is 0.833. The van der Waals surface area contributed by atoms with Crippen LogP contribution in [0.4, 0.5) is 4.39 Å². The van der Waals surface area contributed by atoms with Gasteiger partial charge in [0.25, 0.3) is 0 Å². The van der Waals surface area contributed by atoms with Crippen molar-refractivity contribution in [1.29, 1.82) is 0 Å². The van der Waals surface area contributed by atoms with E-state index >= 15 is 0 Å². The van der Waals surface area contributed by atoms with Gasteiger partial charge >= 0.3 is 0 Å². The molecule has 142 valence electrons. The summed E-state index contributed by atoms with van der Waals surface area (Å²) in [6, 6.07) is 8.73. The second-order valence-electron chi connectivity index (χ2n) is 5.53. The molecule has 0 aliphatic heterocycles. The summed E-state index contributed by atoms with van der Waals surface area (Å²) in [6.07, 6.45) is 4.14. The third-order valence-electron chi connectivity index (χ3n) is 3.60. The highest BCUT2D eigenvalue weighted by atomic mass is 127. The summed E-state index contributed by atoms with van der Waals surface area (Å²) in [5, 5.41) is 3.22. The van der Waals surface area contributed by atoms with Gasteiger partial charge < -0.3 is 19.4 Å². The fourth-order valence-corrected chi connectivity index (χ4v) is 2.36. The Morgan fingerprint density at radius 3 is 2.85 bits per heavy atom. The molecule has 0 radical (unpaired) electrons. The summed E-state index contributed by atoms with van der Waals surface area (Å²) >= 11 is 0. The lowest BCUT2D eigenvalue weighted by atomic mass is 10.2. The number of nitrogens with one attached hydrogen (secondary N) is 1. The number of halogens is 2. The highest BCUT2D eigenvalue weighted by Crippen LogP contribution is 2.18. The van der Waals surface area contributed by atoms with E-state index in [4.69, 9.17) is 9.15 Å². The average Bonchev–Trinajstić information content (AvgIpc) is 3.11. The molecule has 2 rings (SSSR count). The van der Waals surface area contributed by atoms with Crippen LogP contribution in [0.1, 0.15) is 11.3 Å². The summed E-state index contributed by atoms with van der Waals surface area (Å²) < 4.78 is 24.1. The Bertz CT molecular complexity index is 705. The molecule has 26 heavy (non-hydrogen) atoms. The first-order chi connectivity index (χ1) is 12.1. The van der Waals surface area contributed by atoms with E-state index in [1.807, 2.05) is 30.1 Å². The molecule has 0 amide bonds. The Morgan fingerprint density at radius 1 is 1.42 bits per heavy atom. The summed E-state index contributed by atoms with van der Waals surface area (Å²) in [7, 11) is 3.36. The van der Waals surface area contributed by atoms with E-state index in [0.717, 1.165) is 23.7 Å². The van der Waals surface area contributed by atoms with Gasteiger partial charge in [-0.1, -0.05) is 12.1 Å². The molecule has 1 N–H and O–H groups in total. The molecule has 0 atom stereocenters. The van der Waals surface area contributed by atoms with Crippen molar-refractivity contribution in [2.75, 3.05) is 27.2 Å². The molecular formula is C19H25FIN3O2. The van der Waals surface area contributed by atoms with E-state index in [-0.39, 0.29) is 35.5 Å². The Kier molecular flexibility index (Phi) is 9.79. The van der Waals surface area contributed by atoms with Crippen molar-refractivity contribution in [2.45, 2.75) is 13.0 Å². The molecule has 0 aliphatic carbocycles. The molecule has 2 aromatic rings. The van der Waals surface area contributed by atoms with Gasteiger partial charge in [0.2, 0.25) is 0 Å². The Labute approximate surface area is 171 Å². The van der Waals surface area contributed by atoms with Crippen molar-refractivity contribution in [1.82, 2.24) is 10.2 Å². The largest absolute Gasteiger partial charge is 0.494 e. The number of hydrogen-bond donors (Lipinski definition) is 1. The van der Waals surface area contributed by atoms with E-state index < -0.39 is 0 Å². The lowest BCUT2D eigenvalue weighted by Crippen LogP contribution is -2.38. The van der Waals surface area contributed by atoms with Gasteiger partial charge in [0.1, 0.15) is 5.76 Å². The van der Waals surface area contributed by atoms with Crippen LogP contribution >= 0.6 is 24.0 Å². The number of hydrogen-bond acceptors (Lipinski definition) is 3. The fraction of sp³-hybridized carbons (Fsp3) is 0.316. The van der Waals surface area contributed by atoms with Gasteiger partial charge in [0.05, 0.1) is 13.4 Å². The van der Waals surface area contributed by atoms with E-state index in [1.54, 1.807) is 18.4 Å². The van der Waals surface area contributed by atoms with Gasteiger partial charge in [-0.2, -0.15) is 0 Å². The van der Waals surface area contributed by atoms with Crippen LogP contribution < -0.4 is 10.1 Å². The summed E-state index contributed by atoms with van der Waals surface area (Å²) in [5.74, 6) is 1.49. The molecule has 5 nitrogen and oxygen atoms in total. The van der Waals surface area contributed by atoms with Crippen LogP contribution in [-0.2, 0) is 13.0 Å². The average molecular weight is 473 g/mol. The van der Waals surface area contributed by atoms with E-state index in [2.05, 4.69) is 16.9 Å². The number of furan rings is 1. The first-order valence-corrected chi connectivity index (χ1v) is 8.09. The minimum atomic E-state index is -0.372. The van der Waals surface area contributed by atoms with E-state index in [0.29, 0.717) is 19.6 Å². The number of rotatable bonds is 8. The van der Waals surface area contributed by atoms with Crippen LogP contribution in [0.15, 0.2) is 58.7 Å². The molecule has 0 unspecified atom stereocenters. The van der Waals surface area contributed by atoms with Crippen LogP contribution in [0.25, 0.3) is 0 Å². The SMILES string of the molecule is C=CCNC(=NCCc1ccco1)N(C)Cc1ccc(OC)c(F)c1.I. The third kappa shape index (κ3) is 6.70. The van der Waals surface area contributed by atoms with Crippen LogP contribution in [0.5, 0.6) is 5.75 Å². The maximum atomic E-state index is 13.9. The number of methoxy groups -OCH3 is 1. The second kappa shape index (κ2) is 11.6. The number of ether oxygens (including phenoxy) is 1. The van der Waals surface area contributed by atoms with Crippen molar-refractivity contribution >= 4 is 29.9 Å². The fourth-order valence-electron chi connectivity index (χ4n) is 2.36.